The van der Waals surface area contributed by atoms with Gasteiger partial charge in [-0.1, -0.05) is 23.2 Å². The Kier molecular flexibility index (Phi) is 4.10. The molecular weight excluding hydrogens is 230 g/mol. The summed E-state index contributed by atoms with van der Waals surface area (Å²) in [6.45, 7) is 1.94. The number of nitrogens with one attached hydrogen (secondary N) is 1. The van der Waals surface area contributed by atoms with Crippen molar-refractivity contribution in [3.05, 3.63) is 22.3 Å². The smallest absolute Gasteiger partial charge is 0.145 e. The van der Waals surface area contributed by atoms with E-state index in [1.165, 1.54) is 6.20 Å². The second-order valence-electron chi connectivity index (χ2n) is 2.68. The van der Waals surface area contributed by atoms with E-state index < -0.39 is 0 Å². The van der Waals surface area contributed by atoms with E-state index in [-0.39, 0.29) is 6.04 Å². The molecule has 0 aromatic carbocycles. The molecule has 1 aromatic heterocycles. The molecule has 0 bridgehead atoms. The molecule has 1 aromatic rings. The fraction of sp³-hybridized carbons (Fsp3) is 0.375. The Morgan fingerprint density at radius 2 is 2.23 bits per heavy atom. The number of nitrogens with zero attached hydrogens (tertiary/aromatic N) is 1. The summed E-state index contributed by atoms with van der Waals surface area (Å²) in [5.74, 6) is 1.11. The topological polar surface area (TPSA) is 24.9 Å². The normalized spacial score (nSPS) is 12.6. The van der Waals surface area contributed by atoms with Gasteiger partial charge in [-0.3, -0.25) is 0 Å². The molecule has 0 aliphatic rings. The van der Waals surface area contributed by atoms with Crippen LogP contribution in [0.4, 0.5) is 5.82 Å². The summed E-state index contributed by atoms with van der Waals surface area (Å²) < 4.78 is 0. The van der Waals surface area contributed by atoms with Crippen molar-refractivity contribution in [2.75, 3.05) is 11.2 Å². The Bertz CT molecular complexity index is 291. The third-order valence-electron chi connectivity index (χ3n) is 1.42. The Hall–Kier alpha value is -0.180. The van der Waals surface area contributed by atoms with E-state index in [0.29, 0.717) is 21.7 Å². The molecule has 13 heavy (non-hydrogen) atoms. The highest BCUT2D eigenvalue weighted by Crippen LogP contribution is 2.22. The molecule has 2 nitrogen and oxygen atoms in total. The van der Waals surface area contributed by atoms with E-state index in [1.54, 1.807) is 6.07 Å². The predicted molar refractivity (Wildman–Crippen MR) is 58.1 cm³/mol. The van der Waals surface area contributed by atoms with Crippen LogP contribution in [0.1, 0.15) is 6.92 Å². The molecule has 0 aliphatic heterocycles. The molecule has 1 rings (SSSR count). The molecule has 0 saturated carbocycles. The summed E-state index contributed by atoms with van der Waals surface area (Å²) >= 11 is 17.2. The first-order valence-electron chi connectivity index (χ1n) is 3.77. The molecular formula is C8H9Cl3N2. The van der Waals surface area contributed by atoms with Crippen molar-refractivity contribution in [2.45, 2.75) is 13.0 Å². The van der Waals surface area contributed by atoms with Crippen LogP contribution in [0.5, 0.6) is 0 Å². The van der Waals surface area contributed by atoms with Crippen molar-refractivity contribution >= 4 is 40.6 Å². The van der Waals surface area contributed by atoms with E-state index in [2.05, 4.69) is 10.3 Å². The number of anilines is 1. The van der Waals surface area contributed by atoms with Crippen LogP contribution in [-0.4, -0.2) is 16.9 Å². The number of hydrogen-bond acceptors (Lipinski definition) is 2. The SMILES string of the molecule is CC(CCl)Nc1ncc(Cl)cc1Cl. The predicted octanol–water partition coefficient (Wildman–Crippen LogP) is 3.43. The highest BCUT2D eigenvalue weighted by molar-refractivity contribution is 6.35. The fourth-order valence-electron chi connectivity index (χ4n) is 0.793. The van der Waals surface area contributed by atoms with Crippen LogP contribution in [0.15, 0.2) is 12.3 Å². The summed E-state index contributed by atoms with van der Waals surface area (Å²) in [6.07, 6.45) is 1.54. The van der Waals surface area contributed by atoms with E-state index >= 15 is 0 Å². The maximum absolute atomic E-state index is 5.88. The van der Waals surface area contributed by atoms with Gasteiger partial charge in [0.05, 0.1) is 10.0 Å². The van der Waals surface area contributed by atoms with Gasteiger partial charge < -0.3 is 5.32 Å². The molecule has 72 valence electrons. The van der Waals surface area contributed by atoms with E-state index in [1.807, 2.05) is 6.92 Å². The molecule has 5 heteroatoms. The van der Waals surface area contributed by atoms with Crippen molar-refractivity contribution in [3.8, 4) is 0 Å². The van der Waals surface area contributed by atoms with Crippen LogP contribution >= 0.6 is 34.8 Å². The summed E-state index contributed by atoms with van der Waals surface area (Å²) in [5.41, 5.74) is 0. The molecule has 0 radical (unpaired) electrons. The van der Waals surface area contributed by atoms with Gasteiger partial charge in [0, 0.05) is 18.1 Å². The van der Waals surface area contributed by atoms with Gasteiger partial charge in [-0.15, -0.1) is 11.6 Å². The zero-order valence-corrected chi connectivity index (χ0v) is 9.29. The van der Waals surface area contributed by atoms with Gasteiger partial charge in [0.15, 0.2) is 0 Å². The largest absolute Gasteiger partial charge is 0.365 e. The Balaban J connectivity index is 2.77. The maximum Gasteiger partial charge on any atom is 0.145 e. The zero-order valence-electron chi connectivity index (χ0n) is 7.02. The molecule has 1 N–H and O–H groups in total. The Labute approximate surface area is 92.2 Å². The van der Waals surface area contributed by atoms with Crippen LogP contribution in [0.3, 0.4) is 0 Å². The molecule has 0 saturated heterocycles. The lowest BCUT2D eigenvalue weighted by molar-refractivity contribution is 0.897. The summed E-state index contributed by atoms with van der Waals surface area (Å²) in [5, 5.41) is 4.08. The summed E-state index contributed by atoms with van der Waals surface area (Å²) in [6, 6.07) is 1.77. The van der Waals surface area contributed by atoms with Gasteiger partial charge in [0.2, 0.25) is 0 Å². The van der Waals surface area contributed by atoms with Gasteiger partial charge >= 0.3 is 0 Å². The van der Waals surface area contributed by atoms with E-state index in [9.17, 15) is 0 Å². The standard InChI is InChI=1S/C8H9Cl3N2/c1-5(3-9)13-8-7(11)2-6(10)4-12-8/h2,4-5H,3H2,1H3,(H,12,13). The van der Waals surface area contributed by atoms with Crippen LogP contribution in [0.2, 0.25) is 10.0 Å². The number of hydrogen-bond donors (Lipinski definition) is 1. The Morgan fingerprint density at radius 1 is 1.54 bits per heavy atom. The minimum Gasteiger partial charge on any atom is -0.365 e. The van der Waals surface area contributed by atoms with Gasteiger partial charge in [0.25, 0.3) is 0 Å². The van der Waals surface area contributed by atoms with Crippen LogP contribution in [-0.2, 0) is 0 Å². The molecule has 0 amide bonds. The van der Waals surface area contributed by atoms with Crippen molar-refractivity contribution in [3.63, 3.8) is 0 Å². The third-order valence-corrected chi connectivity index (χ3v) is 2.38. The zero-order chi connectivity index (χ0) is 9.84. The number of pyridine rings is 1. The minimum absolute atomic E-state index is 0.132. The average Bonchev–Trinajstić information content (AvgIpc) is 2.09. The lowest BCUT2D eigenvalue weighted by atomic mass is 10.3. The molecule has 1 atom stereocenters. The first-order chi connectivity index (χ1) is 6.13. The molecule has 0 aliphatic carbocycles. The fourth-order valence-corrected chi connectivity index (χ4v) is 1.30. The van der Waals surface area contributed by atoms with Gasteiger partial charge in [-0.2, -0.15) is 0 Å². The number of rotatable bonds is 3. The third kappa shape index (κ3) is 3.22. The van der Waals surface area contributed by atoms with Crippen LogP contribution in [0, 0.1) is 0 Å². The second-order valence-corrected chi connectivity index (χ2v) is 3.84. The van der Waals surface area contributed by atoms with E-state index in [0.717, 1.165) is 0 Å². The van der Waals surface area contributed by atoms with Crippen molar-refractivity contribution in [1.82, 2.24) is 4.98 Å². The lowest BCUT2D eigenvalue weighted by Gasteiger charge is -2.11. The second kappa shape index (κ2) is 4.89. The van der Waals surface area contributed by atoms with Crippen molar-refractivity contribution in [1.29, 1.82) is 0 Å². The van der Waals surface area contributed by atoms with E-state index in [4.69, 9.17) is 34.8 Å². The first kappa shape index (κ1) is 10.9. The van der Waals surface area contributed by atoms with Gasteiger partial charge in [-0.05, 0) is 13.0 Å². The van der Waals surface area contributed by atoms with Gasteiger partial charge in [-0.25, -0.2) is 4.98 Å². The lowest BCUT2D eigenvalue weighted by Crippen LogP contribution is -2.17. The first-order valence-corrected chi connectivity index (χ1v) is 5.06. The van der Waals surface area contributed by atoms with Gasteiger partial charge in [0.1, 0.15) is 5.82 Å². The quantitative estimate of drug-likeness (QED) is 0.818. The number of aromatic nitrogens is 1. The number of alkyl halides is 1. The summed E-state index contributed by atoms with van der Waals surface area (Å²) in [7, 11) is 0. The number of halogens is 3. The monoisotopic (exact) mass is 238 g/mol. The summed E-state index contributed by atoms with van der Waals surface area (Å²) in [4.78, 5) is 4.03. The van der Waals surface area contributed by atoms with Crippen molar-refractivity contribution in [2.24, 2.45) is 0 Å². The molecule has 1 heterocycles. The highest BCUT2D eigenvalue weighted by atomic mass is 35.5. The molecule has 1 unspecified atom stereocenters. The van der Waals surface area contributed by atoms with Crippen LogP contribution in [0.25, 0.3) is 0 Å². The minimum atomic E-state index is 0.132. The van der Waals surface area contributed by atoms with Crippen molar-refractivity contribution < 1.29 is 0 Å². The van der Waals surface area contributed by atoms with Crippen LogP contribution < -0.4 is 5.32 Å². The maximum atomic E-state index is 5.88. The Morgan fingerprint density at radius 3 is 2.77 bits per heavy atom. The molecule has 0 fully saturated rings. The molecule has 0 spiro atoms. The highest BCUT2D eigenvalue weighted by Gasteiger charge is 2.05. The average molecular weight is 240 g/mol.